The van der Waals surface area contributed by atoms with Crippen LogP contribution < -0.4 is 5.32 Å². The van der Waals surface area contributed by atoms with Crippen molar-refractivity contribution >= 4 is 23.2 Å². The number of piperazine rings is 1. The second-order valence-corrected chi connectivity index (χ2v) is 7.86. The number of rotatable bonds is 3. The van der Waals surface area contributed by atoms with E-state index in [1.807, 2.05) is 46.8 Å². The van der Waals surface area contributed by atoms with E-state index in [4.69, 9.17) is 0 Å². The first-order valence-corrected chi connectivity index (χ1v) is 9.82. The number of carbonyl (C=O) groups is 2. The summed E-state index contributed by atoms with van der Waals surface area (Å²) in [6.07, 6.45) is 3.85. The van der Waals surface area contributed by atoms with Gasteiger partial charge in [0, 0.05) is 58.4 Å². The summed E-state index contributed by atoms with van der Waals surface area (Å²) in [4.78, 5) is 30.0. The van der Waals surface area contributed by atoms with Crippen molar-refractivity contribution in [1.82, 2.24) is 24.9 Å². The Morgan fingerprint density at radius 2 is 1.96 bits per heavy atom. The Balaban J connectivity index is 1.38. The van der Waals surface area contributed by atoms with E-state index in [1.165, 1.54) is 11.3 Å². The third kappa shape index (κ3) is 3.26. The average molecular weight is 373 g/mol. The third-order valence-electron chi connectivity index (χ3n) is 5.29. The van der Waals surface area contributed by atoms with Crippen LogP contribution in [-0.2, 0) is 11.8 Å². The minimum atomic E-state index is -0.0567. The molecular weight excluding hydrogens is 350 g/mol. The molecule has 0 saturated carbocycles. The number of amides is 2. The van der Waals surface area contributed by atoms with E-state index in [2.05, 4.69) is 10.4 Å². The largest absolute Gasteiger partial charge is 0.339 e. The van der Waals surface area contributed by atoms with Crippen LogP contribution in [0.25, 0.3) is 0 Å². The van der Waals surface area contributed by atoms with Gasteiger partial charge < -0.3 is 15.1 Å². The molecule has 0 unspecified atom stereocenters. The van der Waals surface area contributed by atoms with Gasteiger partial charge in [0.2, 0.25) is 5.91 Å². The van der Waals surface area contributed by atoms with Crippen molar-refractivity contribution in [3.8, 4) is 0 Å². The predicted octanol–water partition coefficient (Wildman–Crippen LogP) is 0.769. The lowest BCUT2D eigenvalue weighted by Crippen LogP contribution is -2.52. The molecule has 138 valence electrons. The molecule has 0 aromatic carbocycles. The van der Waals surface area contributed by atoms with Crippen LogP contribution in [0.1, 0.15) is 21.2 Å². The second kappa shape index (κ2) is 7.20. The molecule has 2 atom stereocenters. The first-order chi connectivity index (χ1) is 12.6. The summed E-state index contributed by atoms with van der Waals surface area (Å²) >= 11 is 1.46. The van der Waals surface area contributed by atoms with Crippen molar-refractivity contribution in [2.24, 2.45) is 13.0 Å². The summed E-state index contributed by atoms with van der Waals surface area (Å²) in [6, 6.07) is 3.75. The Morgan fingerprint density at radius 3 is 2.62 bits per heavy atom. The molecule has 7 nitrogen and oxygen atoms in total. The first kappa shape index (κ1) is 17.2. The summed E-state index contributed by atoms with van der Waals surface area (Å²) in [5, 5.41) is 9.51. The van der Waals surface area contributed by atoms with Crippen LogP contribution in [0.4, 0.5) is 0 Å². The molecule has 2 saturated heterocycles. The number of hydrogen-bond donors (Lipinski definition) is 1. The van der Waals surface area contributed by atoms with E-state index in [0.29, 0.717) is 32.7 Å². The molecule has 2 aromatic heterocycles. The molecule has 0 aliphatic carbocycles. The topological polar surface area (TPSA) is 70.5 Å². The number of hydrogen-bond acceptors (Lipinski definition) is 5. The fourth-order valence-electron chi connectivity index (χ4n) is 3.84. The van der Waals surface area contributed by atoms with Crippen molar-refractivity contribution in [2.45, 2.75) is 5.92 Å². The van der Waals surface area contributed by atoms with E-state index in [0.717, 1.165) is 17.0 Å². The highest BCUT2D eigenvalue weighted by atomic mass is 32.1. The van der Waals surface area contributed by atoms with E-state index >= 15 is 0 Å². The van der Waals surface area contributed by atoms with Crippen molar-refractivity contribution < 1.29 is 9.59 Å². The Labute approximate surface area is 156 Å². The summed E-state index contributed by atoms with van der Waals surface area (Å²) in [5.74, 6) is 0.371. The van der Waals surface area contributed by atoms with Crippen molar-refractivity contribution in [2.75, 3.05) is 39.3 Å². The second-order valence-electron chi connectivity index (χ2n) is 6.91. The summed E-state index contributed by atoms with van der Waals surface area (Å²) in [6.45, 7) is 3.91. The monoisotopic (exact) mass is 373 g/mol. The highest BCUT2D eigenvalue weighted by molar-refractivity contribution is 7.12. The third-order valence-corrected chi connectivity index (χ3v) is 6.15. The fourth-order valence-corrected chi connectivity index (χ4v) is 4.53. The highest BCUT2D eigenvalue weighted by Crippen LogP contribution is 2.29. The number of carbonyl (C=O) groups excluding carboxylic acids is 2. The lowest BCUT2D eigenvalue weighted by Gasteiger charge is -2.36. The average Bonchev–Trinajstić information content (AvgIpc) is 3.41. The van der Waals surface area contributed by atoms with Gasteiger partial charge >= 0.3 is 0 Å². The van der Waals surface area contributed by atoms with Gasteiger partial charge in [0.1, 0.15) is 0 Å². The Bertz CT molecular complexity index is 779. The normalized spacial score (nSPS) is 23.4. The number of thiophene rings is 1. The van der Waals surface area contributed by atoms with Crippen LogP contribution in [-0.4, -0.2) is 70.7 Å². The minimum Gasteiger partial charge on any atom is -0.339 e. The van der Waals surface area contributed by atoms with Crippen LogP contribution in [0.2, 0.25) is 0 Å². The molecule has 0 spiro atoms. The molecule has 1 N–H and O–H groups in total. The van der Waals surface area contributed by atoms with Gasteiger partial charge in [0.15, 0.2) is 0 Å². The van der Waals surface area contributed by atoms with Crippen LogP contribution in [0.3, 0.4) is 0 Å². The van der Waals surface area contributed by atoms with E-state index in [-0.39, 0.29) is 23.7 Å². The van der Waals surface area contributed by atoms with Crippen LogP contribution in [0.5, 0.6) is 0 Å². The zero-order valence-corrected chi connectivity index (χ0v) is 15.6. The van der Waals surface area contributed by atoms with Gasteiger partial charge in [0.05, 0.1) is 17.0 Å². The maximum absolute atomic E-state index is 13.1. The number of nitrogens with zero attached hydrogens (tertiary/aromatic N) is 4. The molecule has 2 amide bonds. The summed E-state index contributed by atoms with van der Waals surface area (Å²) in [5.41, 5.74) is 1.11. The molecular formula is C18H23N5O2S. The molecule has 26 heavy (non-hydrogen) atoms. The molecule has 8 heteroatoms. The van der Waals surface area contributed by atoms with Gasteiger partial charge in [-0.1, -0.05) is 6.07 Å². The molecule has 2 fully saturated rings. The number of nitrogens with one attached hydrogen (secondary N) is 1. The lowest BCUT2D eigenvalue weighted by molar-refractivity contribution is -0.136. The quantitative estimate of drug-likeness (QED) is 0.863. The van der Waals surface area contributed by atoms with Crippen LogP contribution >= 0.6 is 11.3 Å². The van der Waals surface area contributed by atoms with Crippen molar-refractivity contribution in [3.05, 3.63) is 40.3 Å². The molecule has 0 radical (unpaired) electrons. The SMILES string of the molecule is Cn1cc([C@H]2CNC[C@@H]2C(=O)N2CCN(C(=O)c3cccs3)CC2)cn1. The maximum atomic E-state index is 13.1. The molecule has 2 aliphatic rings. The van der Waals surface area contributed by atoms with E-state index in [1.54, 1.807) is 4.68 Å². The van der Waals surface area contributed by atoms with Gasteiger partial charge in [-0.2, -0.15) is 5.10 Å². The number of aryl methyl sites for hydroxylation is 1. The fraction of sp³-hybridized carbons (Fsp3) is 0.500. The smallest absolute Gasteiger partial charge is 0.264 e. The van der Waals surface area contributed by atoms with Crippen molar-refractivity contribution in [3.63, 3.8) is 0 Å². The molecule has 4 heterocycles. The zero-order valence-electron chi connectivity index (χ0n) is 14.8. The maximum Gasteiger partial charge on any atom is 0.264 e. The lowest BCUT2D eigenvalue weighted by atomic mass is 9.89. The van der Waals surface area contributed by atoms with E-state index in [9.17, 15) is 9.59 Å². The first-order valence-electron chi connectivity index (χ1n) is 8.94. The van der Waals surface area contributed by atoms with Gasteiger partial charge in [-0.05, 0) is 17.0 Å². The predicted molar refractivity (Wildman–Crippen MR) is 99.1 cm³/mol. The van der Waals surface area contributed by atoms with Gasteiger partial charge in [-0.25, -0.2) is 0 Å². The Morgan fingerprint density at radius 1 is 1.19 bits per heavy atom. The van der Waals surface area contributed by atoms with E-state index < -0.39 is 0 Å². The Kier molecular flexibility index (Phi) is 4.78. The van der Waals surface area contributed by atoms with Gasteiger partial charge in [0.25, 0.3) is 5.91 Å². The molecule has 2 aliphatic heterocycles. The van der Waals surface area contributed by atoms with Crippen LogP contribution in [0.15, 0.2) is 29.9 Å². The standard InChI is InChI=1S/C18H23N5O2S/c1-21-12-13(9-20-21)14-10-19-11-15(14)17(24)22-4-6-23(7-5-22)18(25)16-3-2-8-26-16/h2-3,8-9,12,14-15,19H,4-7,10-11H2,1H3/t14-,15+/m1/s1. The van der Waals surface area contributed by atoms with Crippen LogP contribution in [0, 0.1) is 5.92 Å². The summed E-state index contributed by atoms with van der Waals surface area (Å²) < 4.78 is 1.78. The highest BCUT2D eigenvalue weighted by Gasteiger charge is 2.38. The summed E-state index contributed by atoms with van der Waals surface area (Å²) in [7, 11) is 1.90. The molecule has 4 rings (SSSR count). The molecule has 0 bridgehead atoms. The Hall–Kier alpha value is -2.19. The number of aromatic nitrogens is 2. The minimum absolute atomic E-state index is 0.0567. The van der Waals surface area contributed by atoms with Gasteiger partial charge in [-0.3, -0.25) is 14.3 Å². The molecule has 2 aromatic rings. The van der Waals surface area contributed by atoms with Gasteiger partial charge in [-0.15, -0.1) is 11.3 Å². The zero-order chi connectivity index (χ0) is 18.1. The van der Waals surface area contributed by atoms with Crippen molar-refractivity contribution in [1.29, 1.82) is 0 Å².